The van der Waals surface area contributed by atoms with Gasteiger partial charge in [-0.05, 0) is 32.2 Å². The zero-order valence-corrected chi connectivity index (χ0v) is 13.3. The van der Waals surface area contributed by atoms with Crippen LogP contribution in [0.3, 0.4) is 0 Å². The van der Waals surface area contributed by atoms with Gasteiger partial charge in [0.1, 0.15) is 0 Å². The van der Waals surface area contributed by atoms with Gasteiger partial charge in [-0.2, -0.15) is 0 Å². The minimum absolute atomic E-state index is 0.296. The number of aliphatic imine (C=N–C) groups is 1. The number of nitrogens with one attached hydrogen (secondary N) is 2. The van der Waals surface area contributed by atoms with Crippen LogP contribution in [0.25, 0.3) is 0 Å². The Morgan fingerprint density at radius 2 is 2.05 bits per heavy atom. The zero-order valence-electron chi connectivity index (χ0n) is 13.3. The summed E-state index contributed by atoms with van der Waals surface area (Å²) in [5.74, 6) is 0.939. The second kappa shape index (κ2) is 7.45. The van der Waals surface area contributed by atoms with Crippen LogP contribution in [-0.2, 0) is 4.74 Å². The first-order valence-corrected chi connectivity index (χ1v) is 8.68. The lowest BCUT2D eigenvalue weighted by Crippen LogP contribution is -2.52. The zero-order chi connectivity index (χ0) is 14.5. The van der Waals surface area contributed by atoms with Crippen molar-refractivity contribution in [2.24, 2.45) is 4.99 Å². The lowest BCUT2D eigenvalue weighted by Gasteiger charge is -2.35. The molecule has 3 fully saturated rings. The van der Waals surface area contributed by atoms with Crippen LogP contribution in [0.15, 0.2) is 4.99 Å². The standard InChI is InChI=1S/C16H30N4O/c1-17-16(19-13-6-3-2-4-7-13)18-10-15-11-20-9-5-8-14(20)12-21-15/h13-15H,2-12H2,1H3,(H2,17,18,19). The van der Waals surface area contributed by atoms with E-state index in [0.717, 1.165) is 25.7 Å². The van der Waals surface area contributed by atoms with Gasteiger partial charge in [0, 0.05) is 32.2 Å². The lowest BCUT2D eigenvalue weighted by molar-refractivity contribution is -0.0453. The third kappa shape index (κ3) is 4.10. The van der Waals surface area contributed by atoms with E-state index in [-0.39, 0.29) is 0 Å². The van der Waals surface area contributed by atoms with Crippen LogP contribution in [0.4, 0.5) is 0 Å². The highest BCUT2D eigenvalue weighted by Crippen LogP contribution is 2.22. The first-order chi connectivity index (χ1) is 10.3. The minimum Gasteiger partial charge on any atom is -0.373 e. The largest absolute Gasteiger partial charge is 0.373 e. The molecule has 1 aliphatic carbocycles. The molecule has 0 radical (unpaired) electrons. The molecule has 2 heterocycles. The summed E-state index contributed by atoms with van der Waals surface area (Å²) in [7, 11) is 1.86. The average molecular weight is 294 g/mol. The fraction of sp³-hybridized carbons (Fsp3) is 0.938. The van der Waals surface area contributed by atoms with E-state index in [2.05, 4.69) is 20.5 Å². The number of guanidine groups is 1. The highest BCUT2D eigenvalue weighted by molar-refractivity contribution is 5.79. The molecule has 0 aromatic carbocycles. The summed E-state index contributed by atoms with van der Waals surface area (Å²) < 4.78 is 5.99. The van der Waals surface area contributed by atoms with Gasteiger partial charge in [0.25, 0.3) is 0 Å². The number of fused-ring (bicyclic) bond motifs is 1. The Morgan fingerprint density at radius 1 is 1.19 bits per heavy atom. The Labute approximate surface area is 128 Å². The fourth-order valence-electron chi connectivity index (χ4n) is 3.85. The summed E-state index contributed by atoms with van der Waals surface area (Å²) in [5.41, 5.74) is 0. The van der Waals surface area contributed by atoms with E-state index < -0.39 is 0 Å². The number of hydrogen-bond donors (Lipinski definition) is 2. The van der Waals surface area contributed by atoms with Gasteiger partial charge in [-0.1, -0.05) is 19.3 Å². The highest BCUT2D eigenvalue weighted by Gasteiger charge is 2.32. The molecule has 21 heavy (non-hydrogen) atoms. The molecule has 2 N–H and O–H groups in total. The van der Waals surface area contributed by atoms with E-state index in [9.17, 15) is 0 Å². The number of ether oxygens (including phenoxy) is 1. The van der Waals surface area contributed by atoms with Gasteiger partial charge < -0.3 is 15.4 Å². The molecule has 5 heteroatoms. The Morgan fingerprint density at radius 3 is 2.86 bits per heavy atom. The fourth-order valence-corrected chi connectivity index (χ4v) is 3.85. The summed E-state index contributed by atoms with van der Waals surface area (Å²) in [6.45, 7) is 4.08. The van der Waals surface area contributed by atoms with Crippen molar-refractivity contribution in [1.82, 2.24) is 15.5 Å². The molecule has 2 atom stereocenters. The van der Waals surface area contributed by atoms with Crippen LogP contribution >= 0.6 is 0 Å². The first kappa shape index (κ1) is 15.1. The van der Waals surface area contributed by atoms with Gasteiger partial charge in [-0.15, -0.1) is 0 Å². The van der Waals surface area contributed by atoms with Crippen molar-refractivity contribution in [3.8, 4) is 0 Å². The summed E-state index contributed by atoms with van der Waals surface area (Å²) in [4.78, 5) is 6.95. The van der Waals surface area contributed by atoms with Crippen LogP contribution in [-0.4, -0.2) is 62.3 Å². The van der Waals surface area contributed by atoms with Gasteiger partial charge in [-0.25, -0.2) is 0 Å². The Bertz CT molecular complexity index is 354. The third-order valence-electron chi connectivity index (χ3n) is 5.13. The summed E-state index contributed by atoms with van der Waals surface area (Å²) in [5, 5.41) is 7.01. The van der Waals surface area contributed by atoms with Crippen LogP contribution in [0, 0.1) is 0 Å². The molecule has 3 rings (SSSR count). The molecule has 2 aliphatic heterocycles. The molecule has 0 aromatic rings. The van der Waals surface area contributed by atoms with Gasteiger partial charge in [0.05, 0.1) is 12.7 Å². The highest BCUT2D eigenvalue weighted by atomic mass is 16.5. The van der Waals surface area contributed by atoms with E-state index >= 15 is 0 Å². The summed E-state index contributed by atoms with van der Waals surface area (Å²) >= 11 is 0. The van der Waals surface area contributed by atoms with Gasteiger partial charge >= 0.3 is 0 Å². The van der Waals surface area contributed by atoms with Crippen molar-refractivity contribution in [2.45, 2.75) is 63.1 Å². The number of nitrogens with zero attached hydrogens (tertiary/aromatic N) is 2. The SMILES string of the molecule is CN=C(NCC1CN2CCCC2CO1)NC1CCCCC1. The van der Waals surface area contributed by atoms with Crippen molar-refractivity contribution < 1.29 is 4.74 Å². The van der Waals surface area contributed by atoms with Crippen molar-refractivity contribution in [1.29, 1.82) is 0 Å². The molecular formula is C16H30N4O. The quantitative estimate of drug-likeness (QED) is 0.609. The van der Waals surface area contributed by atoms with Crippen LogP contribution < -0.4 is 10.6 Å². The van der Waals surface area contributed by atoms with E-state index in [4.69, 9.17) is 4.74 Å². The number of morpholine rings is 1. The maximum Gasteiger partial charge on any atom is 0.191 e. The monoisotopic (exact) mass is 294 g/mol. The van der Waals surface area contributed by atoms with Crippen LogP contribution in [0.2, 0.25) is 0 Å². The van der Waals surface area contributed by atoms with E-state index in [1.165, 1.54) is 51.5 Å². The van der Waals surface area contributed by atoms with Crippen LogP contribution in [0.1, 0.15) is 44.9 Å². The Hall–Kier alpha value is -0.810. The van der Waals surface area contributed by atoms with E-state index in [0.29, 0.717) is 18.2 Å². The van der Waals surface area contributed by atoms with Crippen molar-refractivity contribution in [2.75, 3.05) is 33.3 Å². The predicted molar refractivity (Wildman–Crippen MR) is 85.7 cm³/mol. The summed E-state index contributed by atoms with van der Waals surface area (Å²) in [6, 6.07) is 1.28. The number of rotatable bonds is 3. The van der Waals surface area contributed by atoms with Gasteiger partial charge in [0.15, 0.2) is 5.96 Å². The van der Waals surface area contributed by atoms with Crippen LogP contribution in [0.5, 0.6) is 0 Å². The maximum atomic E-state index is 5.99. The molecule has 3 aliphatic rings. The molecule has 2 unspecified atom stereocenters. The smallest absolute Gasteiger partial charge is 0.191 e. The molecule has 5 nitrogen and oxygen atoms in total. The predicted octanol–water partition coefficient (Wildman–Crippen LogP) is 1.35. The first-order valence-electron chi connectivity index (χ1n) is 8.68. The topological polar surface area (TPSA) is 48.9 Å². The summed E-state index contributed by atoms with van der Waals surface area (Å²) in [6.07, 6.45) is 9.56. The molecule has 2 saturated heterocycles. The van der Waals surface area contributed by atoms with Crippen molar-refractivity contribution in [3.63, 3.8) is 0 Å². The van der Waals surface area contributed by atoms with Crippen molar-refractivity contribution in [3.05, 3.63) is 0 Å². The molecule has 0 aromatic heterocycles. The van der Waals surface area contributed by atoms with Crippen molar-refractivity contribution >= 4 is 5.96 Å². The molecule has 0 amide bonds. The van der Waals surface area contributed by atoms with Gasteiger partial charge in [-0.3, -0.25) is 9.89 Å². The molecular weight excluding hydrogens is 264 g/mol. The van der Waals surface area contributed by atoms with E-state index in [1.54, 1.807) is 0 Å². The molecule has 0 spiro atoms. The molecule has 1 saturated carbocycles. The average Bonchev–Trinajstić information content (AvgIpc) is 3.00. The lowest BCUT2D eigenvalue weighted by atomic mass is 9.96. The Balaban J connectivity index is 1.40. The maximum absolute atomic E-state index is 5.99. The minimum atomic E-state index is 0.296. The molecule has 120 valence electrons. The third-order valence-corrected chi connectivity index (χ3v) is 5.13. The van der Waals surface area contributed by atoms with E-state index in [1.807, 2.05) is 7.05 Å². The number of hydrogen-bond acceptors (Lipinski definition) is 3. The normalized spacial score (nSPS) is 32.0. The second-order valence-corrected chi connectivity index (χ2v) is 6.68. The second-order valence-electron chi connectivity index (χ2n) is 6.68. The molecule has 0 bridgehead atoms. The van der Waals surface area contributed by atoms with Gasteiger partial charge in [0.2, 0.25) is 0 Å². The Kier molecular flexibility index (Phi) is 5.36.